The molecule has 2 aromatic heterocycles. The fourth-order valence-electron chi connectivity index (χ4n) is 3.71. The number of benzene rings is 1. The zero-order chi connectivity index (χ0) is 21.3. The maximum Gasteiger partial charge on any atom is 0.316 e. The van der Waals surface area contributed by atoms with Gasteiger partial charge in [-0.25, -0.2) is 4.98 Å². The fourth-order valence-corrected chi connectivity index (χ4v) is 4.32. The lowest BCUT2D eigenvalue weighted by molar-refractivity contribution is -0.139. The van der Waals surface area contributed by atoms with Crippen molar-refractivity contribution in [3.8, 4) is 0 Å². The number of ether oxygens (including phenoxy) is 1. The van der Waals surface area contributed by atoms with Gasteiger partial charge < -0.3 is 4.74 Å². The lowest BCUT2D eigenvalue weighted by atomic mass is 9.81. The lowest BCUT2D eigenvalue weighted by Crippen LogP contribution is -2.22. The van der Waals surface area contributed by atoms with Crippen LogP contribution in [0.3, 0.4) is 0 Å². The smallest absolute Gasteiger partial charge is 0.316 e. The van der Waals surface area contributed by atoms with Crippen LogP contribution in [0.5, 0.6) is 0 Å². The van der Waals surface area contributed by atoms with E-state index in [1.807, 2.05) is 0 Å². The van der Waals surface area contributed by atoms with Crippen LogP contribution in [0.15, 0.2) is 35.6 Å². The van der Waals surface area contributed by atoms with Gasteiger partial charge in [0.2, 0.25) is 5.16 Å². The molecule has 8 heteroatoms. The molecule has 0 aliphatic heterocycles. The zero-order valence-corrected chi connectivity index (χ0v) is 18.1. The Kier molecular flexibility index (Phi) is 5.85. The summed E-state index contributed by atoms with van der Waals surface area (Å²) in [6, 6.07) is 8.53. The van der Waals surface area contributed by atoms with Gasteiger partial charge in [0.25, 0.3) is 5.78 Å². The van der Waals surface area contributed by atoms with E-state index < -0.39 is 0 Å². The molecule has 1 unspecified atom stereocenters. The van der Waals surface area contributed by atoms with E-state index in [0.717, 1.165) is 11.3 Å². The van der Waals surface area contributed by atoms with Crippen molar-refractivity contribution in [2.45, 2.75) is 50.6 Å². The Balaban J connectivity index is 1.61. The first-order valence-corrected chi connectivity index (χ1v) is 11.1. The summed E-state index contributed by atoms with van der Waals surface area (Å²) in [5, 5.41) is 4.95. The largest absolute Gasteiger partial charge is 0.465 e. The average Bonchev–Trinajstić information content (AvgIpc) is 3.16. The topological polar surface area (TPSA) is 86.4 Å². The van der Waals surface area contributed by atoms with Crippen LogP contribution < -0.4 is 0 Å². The molecule has 30 heavy (non-hydrogen) atoms. The molecular weight excluding hydrogens is 400 g/mol. The Hall–Kier alpha value is -2.74. The molecule has 0 saturated heterocycles. The molecule has 1 atom stereocenters. The van der Waals surface area contributed by atoms with Crippen molar-refractivity contribution in [1.82, 2.24) is 19.6 Å². The maximum absolute atomic E-state index is 12.8. The minimum Gasteiger partial charge on any atom is -0.465 e. The van der Waals surface area contributed by atoms with E-state index in [1.165, 1.54) is 17.3 Å². The van der Waals surface area contributed by atoms with Gasteiger partial charge in [-0.05, 0) is 36.3 Å². The van der Waals surface area contributed by atoms with Gasteiger partial charge in [0.05, 0.1) is 23.6 Å². The van der Waals surface area contributed by atoms with Gasteiger partial charge in [0.15, 0.2) is 5.78 Å². The monoisotopic (exact) mass is 424 g/mol. The van der Waals surface area contributed by atoms with Crippen molar-refractivity contribution in [2.24, 2.45) is 0 Å². The summed E-state index contributed by atoms with van der Waals surface area (Å²) in [6.45, 7) is 6.45. The molecular formula is C22H24N4O3S. The highest BCUT2D eigenvalue weighted by molar-refractivity contribution is 7.99. The first-order chi connectivity index (χ1) is 14.5. The number of aromatic nitrogens is 4. The van der Waals surface area contributed by atoms with Gasteiger partial charge >= 0.3 is 5.97 Å². The molecule has 0 N–H and O–H groups in total. The van der Waals surface area contributed by atoms with Crippen LogP contribution >= 0.6 is 11.8 Å². The summed E-state index contributed by atoms with van der Waals surface area (Å²) >= 11 is 1.20. The third-order valence-electron chi connectivity index (χ3n) is 5.32. The Morgan fingerprint density at radius 2 is 2.03 bits per heavy atom. The van der Waals surface area contributed by atoms with Crippen molar-refractivity contribution in [2.75, 3.05) is 12.4 Å². The van der Waals surface area contributed by atoms with Crippen LogP contribution in [-0.2, 0) is 16.0 Å². The summed E-state index contributed by atoms with van der Waals surface area (Å²) in [7, 11) is 0. The van der Waals surface area contributed by atoms with Crippen LogP contribution in [0, 0.1) is 0 Å². The lowest BCUT2D eigenvalue weighted by Gasteiger charge is -2.24. The third-order valence-corrected chi connectivity index (χ3v) is 6.13. The molecule has 0 bridgehead atoms. The highest BCUT2D eigenvalue weighted by Crippen LogP contribution is 2.33. The van der Waals surface area contributed by atoms with Crippen molar-refractivity contribution >= 4 is 29.3 Å². The second-order valence-corrected chi connectivity index (χ2v) is 8.61. The van der Waals surface area contributed by atoms with E-state index in [4.69, 9.17) is 4.74 Å². The van der Waals surface area contributed by atoms with E-state index >= 15 is 0 Å². The normalized spacial score (nSPS) is 16.1. The van der Waals surface area contributed by atoms with Crippen molar-refractivity contribution in [3.63, 3.8) is 0 Å². The minimum atomic E-state index is -0.309. The van der Waals surface area contributed by atoms with Crippen LogP contribution in [0.1, 0.15) is 66.2 Å². The van der Waals surface area contributed by atoms with Crippen LogP contribution in [0.25, 0.3) is 5.78 Å². The van der Waals surface area contributed by atoms with Crippen LogP contribution in [0.2, 0.25) is 0 Å². The number of rotatable bonds is 6. The SMILES string of the molecule is CCOC(=O)CSc1nc2ncc3c(n2n1)CC(c1ccc(C(C)C)cc1)CC3=O. The third kappa shape index (κ3) is 4.09. The molecule has 0 amide bonds. The summed E-state index contributed by atoms with van der Waals surface area (Å²) in [5.74, 6) is 0.896. The number of hydrogen-bond donors (Lipinski definition) is 0. The number of carbonyl (C=O) groups is 2. The number of Topliss-reactive ketones (excluding diaryl/α,β-unsaturated/α-hetero) is 1. The molecule has 1 aliphatic carbocycles. The number of ketones is 1. The quantitative estimate of drug-likeness (QED) is 0.439. The number of hydrogen-bond acceptors (Lipinski definition) is 7. The molecule has 2 heterocycles. The first kappa shape index (κ1) is 20.5. The molecule has 0 radical (unpaired) electrons. The first-order valence-electron chi connectivity index (χ1n) is 10.1. The van der Waals surface area contributed by atoms with Gasteiger partial charge in [-0.1, -0.05) is 49.9 Å². The second-order valence-electron chi connectivity index (χ2n) is 7.67. The average molecular weight is 425 g/mol. The Morgan fingerprint density at radius 3 is 2.73 bits per heavy atom. The molecule has 1 aliphatic rings. The van der Waals surface area contributed by atoms with E-state index in [2.05, 4.69) is 53.2 Å². The summed E-state index contributed by atoms with van der Waals surface area (Å²) in [6.07, 6.45) is 2.74. The van der Waals surface area contributed by atoms with E-state index in [9.17, 15) is 9.59 Å². The molecule has 7 nitrogen and oxygen atoms in total. The van der Waals surface area contributed by atoms with Crippen molar-refractivity contribution in [3.05, 3.63) is 52.8 Å². The number of esters is 1. The molecule has 4 rings (SSSR count). The van der Waals surface area contributed by atoms with Gasteiger partial charge in [0, 0.05) is 12.6 Å². The van der Waals surface area contributed by atoms with E-state index in [1.54, 1.807) is 17.6 Å². The van der Waals surface area contributed by atoms with Gasteiger partial charge in [-0.3, -0.25) is 9.59 Å². The second kappa shape index (κ2) is 8.55. The van der Waals surface area contributed by atoms with E-state index in [-0.39, 0.29) is 23.4 Å². The Labute approximate surface area is 179 Å². The molecule has 3 aromatic rings. The van der Waals surface area contributed by atoms with Crippen LogP contribution in [-0.4, -0.2) is 43.7 Å². The number of nitrogens with zero attached hydrogens (tertiary/aromatic N) is 4. The molecule has 1 aromatic carbocycles. The maximum atomic E-state index is 12.8. The van der Waals surface area contributed by atoms with Crippen LogP contribution in [0.4, 0.5) is 0 Å². The number of thioether (sulfide) groups is 1. The highest BCUT2D eigenvalue weighted by atomic mass is 32.2. The van der Waals surface area contributed by atoms with Gasteiger partial charge in [-0.2, -0.15) is 9.50 Å². The predicted octanol–water partition coefficient (Wildman–Crippen LogP) is 3.82. The fraction of sp³-hybridized carbons (Fsp3) is 0.409. The standard InChI is InChI=1S/C22H24N4O3S/c1-4-29-20(28)12-30-22-24-21-23-11-17-18(26(21)25-22)9-16(10-19(17)27)15-7-5-14(6-8-15)13(2)3/h5-8,11,13,16H,4,9-10,12H2,1-3H3. The summed E-state index contributed by atoms with van der Waals surface area (Å²) in [4.78, 5) is 33.1. The van der Waals surface area contributed by atoms with Crippen molar-refractivity contribution in [1.29, 1.82) is 0 Å². The van der Waals surface area contributed by atoms with Crippen molar-refractivity contribution < 1.29 is 14.3 Å². The molecule has 0 fully saturated rings. The Morgan fingerprint density at radius 1 is 1.27 bits per heavy atom. The summed E-state index contributed by atoms with van der Waals surface area (Å²) < 4.78 is 6.59. The summed E-state index contributed by atoms with van der Waals surface area (Å²) in [5.41, 5.74) is 3.86. The molecule has 0 saturated carbocycles. The van der Waals surface area contributed by atoms with E-state index in [0.29, 0.717) is 41.9 Å². The molecule has 0 spiro atoms. The highest BCUT2D eigenvalue weighted by Gasteiger charge is 2.29. The number of carbonyl (C=O) groups excluding carboxylic acids is 2. The minimum absolute atomic E-state index is 0.0693. The van der Waals surface area contributed by atoms with Gasteiger partial charge in [-0.15, -0.1) is 5.10 Å². The molecule has 156 valence electrons. The Bertz CT molecular complexity index is 1090. The predicted molar refractivity (Wildman–Crippen MR) is 114 cm³/mol. The number of fused-ring (bicyclic) bond motifs is 3. The zero-order valence-electron chi connectivity index (χ0n) is 17.3. The van der Waals surface area contributed by atoms with Gasteiger partial charge in [0.1, 0.15) is 0 Å².